The van der Waals surface area contributed by atoms with Gasteiger partial charge in [-0.25, -0.2) is 4.39 Å². The van der Waals surface area contributed by atoms with E-state index in [1.165, 1.54) is 6.07 Å². The average molecular weight is 304 g/mol. The fraction of sp³-hybridized carbons (Fsp3) is 0.333. The Morgan fingerprint density at radius 2 is 2.31 bits per heavy atom. The molecule has 1 rings (SSSR count). The highest BCUT2D eigenvalue weighted by molar-refractivity contribution is 9.10. The second-order valence-corrected chi connectivity index (χ2v) is 5.34. The maximum Gasteiger partial charge on any atom is 0.127 e. The number of thioether (sulfide) groups is 1. The zero-order chi connectivity index (χ0) is 11.8. The number of nitrogens with one attached hydrogen (secondary N) is 1. The van der Waals surface area contributed by atoms with E-state index in [-0.39, 0.29) is 5.82 Å². The van der Waals surface area contributed by atoms with Crippen LogP contribution in [0.2, 0.25) is 0 Å². The van der Waals surface area contributed by atoms with E-state index in [1.807, 2.05) is 17.8 Å². The Kier molecular flexibility index (Phi) is 6.76. The Hall–Kier alpha value is -0.320. The highest BCUT2D eigenvalue weighted by Gasteiger charge is 2.01. The molecule has 0 radical (unpaired) electrons. The third kappa shape index (κ3) is 5.14. The van der Waals surface area contributed by atoms with Crippen LogP contribution in [0.5, 0.6) is 0 Å². The first-order valence-electron chi connectivity index (χ1n) is 5.07. The lowest BCUT2D eigenvalue weighted by Gasteiger charge is -2.06. The van der Waals surface area contributed by atoms with E-state index < -0.39 is 0 Å². The van der Waals surface area contributed by atoms with E-state index in [0.29, 0.717) is 12.1 Å². The van der Waals surface area contributed by atoms with Crippen molar-refractivity contribution in [1.82, 2.24) is 5.32 Å². The van der Waals surface area contributed by atoms with Gasteiger partial charge in [-0.05, 0) is 18.2 Å². The van der Waals surface area contributed by atoms with Gasteiger partial charge in [0.25, 0.3) is 0 Å². The summed E-state index contributed by atoms with van der Waals surface area (Å²) in [5, 5.41) is 3.21. The van der Waals surface area contributed by atoms with E-state index >= 15 is 0 Å². The van der Waals surface area contributed by atoms with Gasteiger partial charge in [0.15, 0.2) is 0 Å². The lowest BCUT2D eigenvalue weighted by molar-refractivity contribution is 0.593. The minimum atomic E-state index is -0.158. The van der Waals surface area contributed by atoms with Crippen molar-refractivity contribution >= 4 is 27.7 Å². The molecule has 1 aromatic carbocycles. The fourth-order valence-electron chi connectivity index (χ4n) is 1.21. The smallest absolute Gasteiger partial charge is 0.127 e. The molecule has 0 saturated heterocycles. The number of benzene rings is 1. The molecule has 0 bridgehead atoms. The minimum Gasteiger partial charge on any atom is -0.312 e. The summed E-state index contributed by atoms with van der Waals surface area (Å²) in [6, 6.07) is 4.99. The molecule has 0 aliphatic rings. The van der Waals surface area contributed by atoms with Crippen molar-refractivity contribution in [2.75, 3.05) is 18.1 Å². The molecule has 0 atom stereocenters. The molecular formula is C12H15BrFNS. The third-order valence-corrected chi connectivity index (χ3v) is 3.44. The first-order chi connectivity index (χ1) is 7.74. The van der Waals surface area contributed by atoms with E-state index in [4.69, 9.17) is 0 Å². The molecule has 1 aromatic rings. The molecule has 0 fully saturated rings. The van der Waals surface area contributed by atoms with Crippen LogP contribution in [0.25, 0.3) is 0 Å². The third-order valence-electron chi connectivity index (χ3n) is 1.98. The Morgan fingerprint density at radius 3 is 3.06 bits per heavy atom. The fourth-order valence-corrected chi connectivity index (χ4v) is 2.24. The Labute approximate surface area is 109 Å². The van der Waals surface area contributed by atoms with Crippen molar-refractivity contribution in [2.24, 2.45) is 0 Å². The molecule has 16 heavy (non-hydrogen) atoms. The largest absolute Gasteiger partial charge is 0.312 e. The van der Waals surface area contributed by atoms with Crippen LogP contribution in [0.3, 0.4) is 0 Å². The summed E-state index contributed by atoms with van der Waals surface area (Å²) in [6.07, 6.45) is 1.89. The van der Waals surface area contributed by atoms with Gasteiger partial charge in [-0.15, -0.1) is 6.58 Å². The van der Waals surface area contributed by atoms with Crippen LogP contribution in [0.15, 0.2) is 35.3 Å². The Balaban J connectivity index is 2.26. The number of halogens is 2. The quantitative estimate of drug-likeness (QED) is 0.610. The van der Waals surface area contributed by atoms with Gasteiger partial charge in [-0.3, -0.25) is 0 Å². The van der Waals surface area contributed by atoms with Gasteiger partial charge in [-0.1, -0.05) is 22.0 Å². The van der Waals surface area contributed by atoms with Gasteiger partial charge < -0.3 is 5.32 Å². The zero-order valence-corrected chi connectivity index (χ0v) is 11.4. The molecule has 4 heteroatoms. The first-order valence-corrected chi connectivity index (χ1v) is 7.02. The van der Waals surface area contributed by atoms with E-state index in [2.05, 4.69) is 27.8 Å². The second kappa shape index (κ2) is 7.87. The maximum absolute atomic E-state index is 13.3. The highest BCUT2D eigenvalue weighted by Crippen LogP contribution is 2.15. The van der Waals surface area contributed by atoms with Gasteiger partial charge >= 0.3 is 0 Å². The molecule has 0 aromatic heterocycles. The van der Waals surface area contributed by atoms with Crippen LogP contribution >= 0.6 is 27.7 Å². The first kappa shape index (κ1) is 13.7. The van der Waals surface area contributed by atoms with Crippen LogP contribution < -0.4 is 5.32 Å². The van der Waals surface area contributed by atoms with Crippen molar-refractivity contribution in [3.63, 3.8) is 0 Å². The van der Waals surface area contributed by atoms with Gasteiger partial charge in [0.2, 0.25) is 0 Å². The summed E-state index contributed by atoms with van der Waals surface area (Å²) < 4.78 is 14.2. The van der Waals surface area contributed by atoms with Crippen molar-refractivity contribution in [3.8, 4) is 0 Å². The van der Waals surface area contributed by atoms with Gasteiger partial charge in [0, 0.05) is 34.6 Å². The highest BCUT2D eigenvalue weighted by atomic mass is 79.9. The summed E-state index contributed by atoms with van der Waals surface area (Å²) in [7, 11) is 0. The molecule has 0 unspecified atom stereocenters. The zero-order valence-electron chi connectivity index (χ0n) is 9.01. The normalized spacial score (nSPS) is 10.4. The maximum atomic E-state index is 13.3. The summed E-state index contributed by atoms with van der Waals surface area (Å²) in [5.74, 6) is 1.82. The van der Waals surface area contributed by atoms with E-state index in [1.54, 1.807) is 12.1 Å². The minimum absolute atomic E-state index is 0.158. The van der Waals surface area contributed by atoms with E-state index in [0.717, 1.165) is 22.5 Å². The molecule has 0 heterocycles. The van der Waals surface area contributed by atoms with Crippen molar-refractivity contribution < 1.29 is 4.39 Å². The number of hydrogen-bond donors (Lipinski definition) is 1. The van der Waals surface area contributed by atoms with Crippen LogP contribution in [0, 0.1) is 5.82 Å². The number of rotatable bonds is 7. The van der Waals surface area contributed by atoms with Crippen molar-refractivity contribution in [1.29, 1.82) is 0 Å². The molecule has 0 saturated carbocycles. The standard InChI is InChI=1S/C12H15BrFNS/c1-2-6-16-7-5-15-9-10-8-11(13)3-4-12(10)14/h2-4,8,15H,1,5-7,9H2. The SMILES string of the molecule is C=CCSCCNCc1cc(Br)ccc1F. The summed E-state index contributed by atoms with van der Waals surface area (Å²) in [6.45, 7) is 5.10. The molecule has 0 aliphatic heterocycles. The monoisotopic (exact) mass is 303 g/mol. The van der Waals surface area contributed by atoms with Crippen LogP contribution in [-0.2, 0) is 6.54 Å². The van der Waals surface area contributed by atoms with Crippen molar-refractivity contribution in [2.45, 2.75) is 6.54 Å². The molecule has 1 nitrogen and oxygen atoms in total. The summed E-state index contributed by atoms with van der Waals surface area (Å²) in [4.78, 5) is 0. The Morgan fingerprint density at radius 1 is 1.50 bits per heavy atom. The predicted octanol–water partition coefficient (Wildman–Crippen LogP) is 3.60. The molecule has 0 spiro atoms. The lowest BCUT2D eigenvalue weighted by atomic mass is 10.2. The van der Waals surface area contributed by atoms with Crippen LogP contribution in [0.1, 0.15) is 5.56 Å². The molecule has 88 valence electrons. The predicted molar refractivity (Wildman–Crippen MR) is 73.3 cm³/mol. The van der Waals surface area contributed by atoms with Crippen LogP contribution in [-0.4, -0.2) is 18.1 Å². The summed E-state index contributed by atoms with van der Waals surface area (Å²) in [5.41, 5.74) is 0.697. The van der Waals surface area contributed by atoms with Crippen molar-refractivity contribution in [3.05, 3.63) is 46.7 Å². The molecule has 0 amide bonds. The van der Waals surface area contributed by atoms with Gasteiger partial charge in [0.05, 0.1) is 0 Å². The van der Waals surface area contributed by atoms with E-state index in [9.17, 15) is 4.39 Å². The van der Waals surface area contributed by atoms with Gasteiger partial charge in [0.1, 0.15) is 5.82 Å². The van der Waals surface area contributed by atoms with Gasteiger partial charge in [-0.2, -0.15) is 11.8 Å². The molecular weight excluding hydrogens is 289 g/mol. The Bertz CT molecular complexity index is 344. The topological polar surface area (TPSA) is 12.0 Å². The van der Waals surface area contributed by atoms with Crippen LogP contribution in [0.4, 0.5) is 4.39 Å². The molecule has 1 N–H and O–H groups in total. The second-order valence-electron chi connectivity index (χ2n) is 3.28. The number of hydrogen-bond acceptors (Lipinski definition) is 2. The molecule has 0 aliphatic carbocycles. The lowest BCUT2D eigenvalue weighted by Crippen LogP contribution is -2.17. The average Bonchev–Trinajstić information content (AvgIpc) is 2.28. The summed E-state index contributed by atoms with van der Waals surface area (Å²) >= 11 is 5.14.